The van der Waals surface area contributed by atoms with Gasteiger partial charge >= 0.3 is 5.97 Å². The molecule has 3 aromatic rings. The van der Waals surface area contributed by atoms with Crippen LogP contribution in [0.1, 0.15) is 33.2 Å². The molecule has 178 valence electrons. The van der Waals surface area contributed by atoms with Gasteiger partial charge in [-0.15, -0.1) is 0 Å². The second-order valence-corrected chi connectivity index (χ2v) is 8.03. The highest BCUT2D eigenvalue weighted by molar-refractivity contribution is 6.12. The summed E-state index contributed by atoms with van der Waals surface area (Å²) in [4.78, 5) is 53.9. The molecular weight excluding hydrogens is 446 g/mol. The van der Waals surface area contributed by atoms with E-state index in [1.54, 1.807) is 49.4 Å². The molecule has 2 N–H and O–H groups in total. The maximum atomic E-state index is 13.5. The van der Waals surface area contributed by atoms with E-state index in [-0.39, 0.29) is 36.3 Å². The molecule has 0 aromatic heterocycles. The third-order valence-electron chi connectivity index (χ3n) is 5.66. The third-order valence-corrected chi connectivity index (χ3v) is 5.66. The first kappa shape index (κ1) is 23.7. The second kappa shape index (κ2) is 10.6. The summed E-state index contributed by atoms with van der Waals surface area (Å²) in [6.07, 6.45) is -1.02. The molecule has 0 aliphatic carbocycles. The summed E-state index contributed by atoms with van der Waals surface area (Å²) in [6, 6.07) is 22.1. The lowest BCUT2D eigenvalue weighted by Gasteiger charge is -2.27. The van der Waals surface area contributed by atoms with Gasteiger partial charge in [0.1, 0.15) is 0 Å². The van der Waals surface area contributed by atoms with E-state index in [0.29, 0.717) is 5.69 Å². The van der Waals surface area contributed by atoms with Crippen LogP contribution in [-0.2, 0) is 20.7 Å². The topological polar surface area (TPSA) is 105 Å². The number of carbonyl (C=O) groups excluding carboxylic acids is 4. The average Bonchev–Trinajstić information content (AvgIpc) is 2.87. The van der Waals surface area contributed by atoms with E-state index in [1.165, 1.54) is 11.0 Å². The number of likely N-dealkylation sites (N-methyl/N-ethyl adjacent to an activating group) is 1. The molecule has 1 aliphatic rings. The van der Waals surface area contributed by atoms with Gasteiger partial charge in [0, 0.05) is 13.0 Å². The first-order valence-electron chi connectivity index (χ1n) is 11.3. The molecule has 0 saturated carbocycles. The van der Waals surface area contributed by atoms with Gasteiger partial charge in [0.05, 0.1) is 29.0 Å². The predicted molar refractivity (Wildman–Crippen MR) is 131 cm³/mol. The number of hydrogen-bond acceptors (Lipinski definition) is 5. The molecule has 3 amide bonds. The number of nitrogens with zero attached hydrogens (tertiary/aromatic N) is 1. The molecule has 35 heavy (non-hydrogen) atoms. The fourth-order valence-electron chi connectivity index (χ4n) is 3.86. The van der Waals surface area contributed by atoms with Crippen molar-refractivity contribution in [2.75, 3.05) is 23.7 Å². The Kier molecular flexibility index (Phi) is 7.21. The van der Waals surface area contributed by atoms with Crippen LogP contribution in [0, 0.1) is 0 Å². The van der Waals surface area contributed by atoms with Crippen LogP contribution in [0.4, 0.5) is 11.4 Å². The smallest absolute Gasteiger partial charge is 0.341 e. The summed E-state index contributed by atoms with van der Waals surface area (Å²) >= 11 is 0. The highest BCUT2D eigenvalue weighted by Crippen LogP contribution is 2.22. The SMILES string of the molecule is CCN1CC(=O)Nc2ccccc2C(=O)Nc2ccccc2C(=O)O[C@H](Cc2ccccc2)C1=O. The molecule has 0 fully saturated rings. The zero-order chi connectivity index (χ0) is 24.8. The van der Waals surface area contributed by atoms with Crippen LogP contribution < -0.4 is 10.6 Å². The number of amides is 3. The molecule has 0 radical (unpaired) electrons. The van der Waals surface area contributed by atoms with Gasteiger partial charge in [-0.1, -0.05) is 54.6 Å². The molecule has 1 atom stereocenters. The first-order valence-corrected chi connectivity index (χ1v) is 11.3. The van der Waals surface area contributed by atoms with Crippen molar-refractivity contribution in [1.82, 2.24) is 4.90 Å². The summed E-state index contributed by atoms with van der Waals surface area (Å²) in [5.74, 6) is -2.20. The quantitative estimate of drug-likeness (QED) is 0.569. The monoisotopic (exact) mass is 471 g/mol. The van der Waals surface area contributed by atoms with E-state index in [0.717, 1.165) is 5.56 Å². The van der Waals surface area contributed by atoms with Crippen LogP contribution >= 0.6 is 0 Å². The minimum Gasteiger partial charge on any atom is -0.448 e. The fraction of sp³-hybridized carbons (Fsp3) is 0.185. The maximum absolute atomic E-state index is 13.5. The Morgan fingerprint density at radius 2 is 1.40 bits per heavy atom. The first-order chi connectivity index (χ1) is 17.0. The second-order valence-electron chi connectivity index (χ2n) is 8.03. The Balaban J connectivity index is 1.76. The Bertz CT molecular complexity index is 1260. The number of benzene rings is 3. The number of rotatable bonds is 3. The van der Waals surface area contributed by atoms with Crippen molar-refractivity contribution in [3.63, 3.8) is 0 Å². The Morgan fingerprint density at radius 3 is 2.09 bits per heavy atom. The molecule has 8 heteroatoms. The van der Waals surface area contributed by atoms with Crippen molar-refractivity contribution < 1.29 is 23.9 Å². The van der Waals surface area contributed by atoms with Crippen LogP contribution in [0.2, 0.25) is 0 Å². The number of nitrogens with one attached hydrogen (secondary N) is 2. The summed E-state index contributed by atoms with van der Waals surface area (Å²) in [5, 5.41) is 5.45. The molecule has 1 heterocycles. The van der Waals surface area contributed by atoms with E-state index in [9.17, 15) is 19.2 Å². The number of anilines is 2. The van der Waals surface area contributed by atoms with Crippen LogP contribution in [0.3, 0.4) is 0 Å². The lowest BCUT2D eigenvalue weighted by molar-refractivity contribution is -0.142. The molecule has 0 saturated heterocycles. The van der Waals surface area contributed by atoms with Crippen molar-refractivity contribution in [3.8, 4) is 0 Å². The summed E-state index contributed by atoms with van der Waals surface area (Å²) in [6.45, 7) is 1.71. The molecule has 0 spiro atoms. The zero-order valence-corrected chi connectivity index (χ0v) is 19.2. The molecule has 1 aliphatic heterocycles. The Morgan fingerprint density at radius 1 is 0.800 bits per heavy atom. The number of ether oxygens (including phenoxy) is 1. The fourth-order valence-corrected chi connectivity index (χ4v) is 3.86. The number of fused-ring (bicyclic) bond motifs is 2. The zero-order valence-electron chi connectivity index (χ0n) is 19.2. The predicted octanol–water partition coefficient (Wildman–Crippen LogP) is 3.51. The number of para-hydroxylation sites is 2. The van der Waals surface area contributed by atoms with Crippen molar-refractivity contribution in [3.05, 3.63) is 95.6 Å². The minimum atomic E-state index is -1.16. The number of esters is 1. The molecular formula is C27H25N3O5. The van der Waals surface area contributed by atoms with Gasteiger partial charge in [-0.25, -0.2) is 4.79 Å². The molecule has 0 bridgehead atoms. The molecule has 3 aromatic carbocycles. The van der Waals surface area contributed by atoms with Crippen molar-refractivity contribution in [1.29, 1.82) is 0 Å². The standard InChI is InChI=1S/C27H25N3O5/c1-2-30-17-24(31)28-21-14-8-6-12-19(21)25(32)29-22-15-9-7-13-20(22)27(34)35-23(26(30)33)16-18-10-4-3-5-11-18/h3-15,23H,2,16-17H2,1H3,(H,28,31)(H,29,32)/t23-/m1/s1. The summed E-state index contributed by atoms with van der Waals surface area (Å²) < 4.78 is 5.70. The van der Waals surface area contributed by atoms with Gasteiger partial charge in [-0.3, -0.25) is 14.4 Å². The molecule has 8 nitrogen and oxygen atoms in total. The normalized spacial score (nSPS) is 16.8. The van der Waals surface area contributed by atoms with E-state index < -0.39 is 29.8 Å². The third kappa shape index (κ3) is 5.55. The van der Waals surface area contributed by atoms with Gasteiger partial charge in [0.15, 0.2) is 6.10 Å². The molecule has 0 unspecified atom stereocenters. The van der Waals surface area contributed by atoms with E-state index in [1.807, 2.05) is 30.3 Å². The van der Waals surface area contributed by atoms with Crippen LogP contribution in [0.25, 0.3) is 0 Å². The van der Waals surface area contributed by atoms with Crippen molar-refractivity contribution in [2.24, 2.45) is 0 Å². The lowest BCUT2D eigenvalue weighted by atomic mass is 10.1. The van der Waals surface area contributed by atoms with E-state index >= 15 is 0 Å². The van der Waals surface area contributed by atoms with Crippen LogP contribution in [0.5, 0.6) is 0 Å². The van der Waals surface area contributed by atoms with Crippen molar-refractivity contribution in [2.45, 2.75) is 19.4 Å². The van der Waals surface area contributed by atoms with Gasteiger partial charge in [-0.05, 0) is 36.8 Å². The van der Waals surface area contributed by atoms with Gasteiger partial charge in [0.25, 0.3) is 11.8 Å². The minimum absolute atomic E-state index is 0.119. The Labute approximate surface area is 202 Å². The Hall–Kier alpha value is -4.46. The highest BCUT2D eigenvalue weighted by atomic mass is 16.5. The largest absolute Gasteiger partial charge is 0.448 e. The number of hydrogen-bond donors (Lipinski definition) is 2. The van der Waals surface area contributed by atoms with E-state index in [4.69, 9.17) is 4.74 Å². The lowest BCUT2D eigenvalue weighted by Crippen LogP contribution is -2.46. The average molecular weight is 472 g/mol. The highest BCUT2D eigenvalue weighted by Gasteiger charge is 2.30. The number of cyclic esters (lactones) is 1. The van der Waals surface area contributed by atoms with Gasteiger partial charge < -0.3 is 20.3 Å². The molecule has 4 rings (SSSR count). The van der Waals surface area contributed by atoms with Gasteiger partial charge in [0.2, 0.25) is 5.91 Å². The van der Waals surface area contributed by atoms with E-state index in [2.05, 4.69) is 10.6 Å². The van der Waals surface area contributed by atoms with Gasteiger partial charge in [-0.2, -0.15) is 0 Å². The number of carbonyl (C=O) groups is 4. The maximum Gasteiger partial charge on any atom is 0.341 e. The summed E-state index contributed by atoms with van der Waals surface area (Å²) in [7, 11) is 0. The summed E-state index contributed by atoms with van der Waals surface area (Å²) in [5.41, 5.74) is 1.68. The van der Waals surface area contributed by atoms with Crippen LogP contribution in [-0.4, -0.2) is 47.8 Å². The van der Waals surface area contributed by atoms with Crippen LogP contribution in [0.15, 0.2) is 78.9 Å². The van der Waals surface area contributed by atoms with Crippen molar-refractivity contribution >= 4 is 35.1 Å².